The highest BCUT2D eigenvalue weighted by Gasteiger charge is 2.13. The Bertz CT molecular complexity index is 1040. The van der Waals surface area contributed by atoms with Gasteiger partial charge in [-0.25, -0.2) is 0 Å². The molecule has 150 valence electrons. The summed E-state index contributed by atoms with van der Waals surface area (Å²) in [5.41, 5.74) is 9.47. The molecule has 0 heterocycles. The van der Waals surface area contributed by atoms with Crippen LogP contribution in [0.3, 0.4) is 0 Å². The minimum absolute atomic E-state index is 0.533. The predicted molar refractivity (Wildman–Crippen MR) is 129 cm³/mol. The second-order valence-corrected chi connectivity index (χ2v) is 8.40. The van der Waals surface area contributed by atoms with Crippen LogP contribution in [-0.2, 0) is 12.8 Å². The Labute approximate surface area is 181 Å². The van der Waals surface area contributed by atoms with E-state index >= 15 is 0 Å². The molecule has 4 aromatic carbocycles. The number of aryl methyl sites for hydroxylation is 3. The normalized spacial score (nSPS) is 11.9. The van der Waals surface area contributed by atoms with Gasteiger partial charge in [0.25, 0.3) is 0 Å². The molecule has 0 radical (unpaired) electrons. The molecule has 0 aromatic heterocycles. The number of hydrogen-bond donors (Lipinski definition) is 0. The quantitative estimate of drug-likeness (QED) is 0.300. The van der Waals surface area contributed by atoms with Gasteiger partial charge in [0, 0.05) is 0 Å². The van der Waals surface area contributed by atoms with E-state index in [9.17, 15) is 0 Å². The zero-order chi connectivity index (χ0) is 20.8. The summed E-state index contributed by atoms with van der Waals surface area (Å²) in [6.45, 7) is 4.28. The van der Waals surface area contributed by atoms with Crippen molar-refractivity contribution in [2.24, 2.45) is 0 Å². The van der Waals surface area contributed by atoms with Gasteiger partial charge < -0.3 is 0 Å². The molecule has 0 amide bonds. The monoisotopic (exact) mass is 390 g/mol. The van der Waals surface area contributed by atoms with Crippen LogP contribution in [0.4, 0.5) is 0 Å². The summed E-state index contributed by atoms with van der Waals surface area (Å²) >= 11 is 0. The van der Waals surface area contributed by atoms with E-state index in [4.69, 9.17) is 0 Å². The second-order valence-electron chi connectivity index (χ2n) is 8.40. The van der Waals surface area contributed by atoms with Gasteiger partial charge in [-0.3, -0.25) is 0 Å². The fourth-order valence-corrected chi connectivity index (χ4v) is 4.07. The molecule has 0 bridgehead atoms. The molecule has 0 fully saturated rings. The number of hydrogen-bond acceptors (Lipinski definition) is 0. The zero-order valence-corrected chi connectivity index (χ0v) is 18.0. The third-order valence-electron chi connectivity index (χ3n) is 5.99. The molecule has 4 rings (SSSR count). The molecule has 0 nitrogen and oxygen atoms in total. The van der Waals surface area contributed by atoms with Gasteiger partial charge >= 0.3 is 0 Å². The van der Waals surface area contributed by atoms with E-state index in [0.29, 0.717) is 5.92 Å². The summed E-state index contributed by atoms with van der Waals surface area (Å²) in [5, 5.41) is 0. The smallest absolute Gasteiger partial charge is 0.0118 e. The van der Waals surface area contributed by atoms with Crippen LogP contribution in [0.2, 0.25) is 0 Å². The van der Waals surface area contributed by atoms with Gasteiger partial charge in [0.1, 0.15) is 0 Å². The summed E-state index contributed by atoms with van der Waals surface area (Å²) in [6.07, 6.45) is 3.34. The Morgan fingerprint density at radius 1 is 0.533 bits per heavy atom. The Kier molecular flexibility index (Phi) is 6.44. The van der Waals surface area contributed by atoms with E-state index in [1.165, 1.54) is 38.9 Å². The van der Waals surface area contributed by atoms with Gasteiger partial charge in [-0.2, -0.15) is 0 Å². The Hall–Kier alpha value is -3.12. The molecular formula is C30H30. The molecule has 0 heteroatoms. The lowest BCUT2D eigenvalue weighted by Crippen LogP contribution is -2.05. The van der Waals surface area contributed by atoms with Gasteiger partial charge in [-0.15, -0.1) is 0 Å². The molecule has 0 saturated carbocycles. The van der Waals surface area contributed by atoms with E-state index in [0.717, 1.165) is 19.3 Å². The van der Waals surface area contributed by atoms with Crippen LogP contribution in [-0.4, -0.2) is 0 Å². The molecule has 0 aliphatic carbocycles. The van der Waals surface area contributed by atoms with Crippen molar-refractivity contribution in [3.8, 4) is 11.1 Å². The van der Waals surface area contributed by atoms with E-state index in [2.05, 4.69) is 117 Å². The first-order valence-corrected chi connectivity index (χ1v) is 10.9. The Morgan fingerprint density at radius 2 is 1.03 bits per heavy atom. The van der Waals surface area contributed by atoms with Gasteiger partial charge in [-0.05, 0) is 66.8 Å². The maximum absolute atomic E-state index is 2.29. The summed E-state index contributed by atoms with van der Waals surface area (Å²) < 4.78 is 0. The maximum Gasteiger partial charge on any atom is -0.0118 e. The first-order chi connectivity index (χ1) is 14.7. The van der Waals surface area contributed by atoms with Crippen molar-refractivity contribution in [2.75, 3.05) is 0 Å². The van der Waals surface area contributed by atoms with Gasteiger partial charge in [0.05, 0.1) is 0 Å². The highest BCUT2D eigenvalue weighted by molar-refractivity contribution is 5.63. The number of benzene rings is 4. The van der Waals surface area contributed by atoms with Crippen molar-refractivity contribution in [3.05, 3.63) is 131 Å². The van der Waals surface area contributed by atoms with Crippen molar-refractivity contribution in [2.45, 2.75) is 39.0 Å². The first-order valence-electron chi connectivity index (χ1n) is 10.9. The molecule has 0 N–H and O–H groups in total. The lowest BCUT2D eigenvalue weighted by Gasteiger charge is -2.18. The molecule has 1 unspecified atom stereocenters. The largest absolute Gasteiger partial charge is 0.0622 e. The SMILES string of the molecule is Cc1ccc(CC(CCc2ccc(-c3ccc(C)cc3)cc2)c2ccccc2)cc1. The molecule has 0 aliphatic rings. The minimum Gasteiger partial charge on any atom is -0.0622 e. The molecule has 0 aliphatic heterocycles. The molecule has 0 spiro atoms. The van der Waals surface area contributed by atoms with Crippen LogP contribution >= 0.6 is 0 Å². The molecule has 0 saturated heterocycles. The fourth-order valence-electron chi connectivity index (χ4n) is 4.07. The van der Waals surface area contributed by atoms with Crippen molar-refractivity contribution in [3.63, 3.8) is 0 Å². The first kappa shape index (κ1) is 20.2. The minimum atomic E-state index is 0.533. The van der Waals surface area contributed by atoms with Crippen molar-refractivity contribution >= 4 is 0 Å². The molecule has 30 heavy (non-hydrogen) atoms. The Morgan fingerprint density at radius 3 is 1.63 bits per heavy atom. The van der Waals surface area contributed by atoms with E-state index < -0.39 is 0 Å². The Balaban J connectivity index is 1.46. The third kappa shape index (κ3) is 5.27. The molecule has 1 atom stereocenters. The van der Waals surface area contributed by atoms with Crippen LogP contribution in [0.1, 0.15) is 40.2 Å². The predicted octanol–water partition coefficient (Wildman–Crippen LogP) is 7.93. The third-order valence-corrected chi connectivity index (χ3v) is 5.99. The fraction of sp³-hybridized carbons (Fsp3) is 0.200. The highest BCUT2D eigenvalue weighted by Crippen LogP contribution is 2.27. The van der Waals surface area contributed by atoms with E-state index in [1.54, 1.807) is 0 Å². The zero-order valence-electron chi connectivity index (χ0n) is 18.0. The molecule has 4 aromatic rings. The summed E-state index contributed by atoms with van der Waals surface area (Å²) in [4.78, 5) is 0. The summed E-state index contributed by atoms with van der Waals surface area (Å²) in [7, 11) is 0. The second kappa shape index (κ2) is 9.59. The lowest BCUT2D eigenvalue weighted by atomic mass is 9.87. The van der Waals surface area contributed by atoms with Crippen molar-refractivity contribution in [1.29, 1.82) is 0 Å². The van der Waals surface area contributed by atoms with Crippen LogP contribution in [0, 0.1) is 13.8 Å². The van der Waals surface area contributed by atoms with Gasteiger partial charge in [0.2, 0.25) is 0 Å². The van der Waals surface area contributed by atoms with Crippen LogP contribution in [0.25, 0.3) is 11.1 Å². The lowest BCUT2D eigenvalue weighted by molar-refractivity contribution is 0.621. The van der Waals surface area contributed by atoms with Crippen molar-refractivity contribution < 1.29 is 0 Å². The van der Waals surface area contributed by atoms with E-state index in [1.807, 2.05) is 0 Å². The van der Waals surface area contributed by atoms with Crippen LogP contribution in [0.5, 0.6) is 0 Å². The van der Waals surface area contributed by atoms with Crippen LogP contribution in [0.15, 0.2) is 103 Å². The molecular weight excluding hydrogens is 360 g/mol. The summed E-state index contributed by atoms with van der Waals surface area (Å²) in [5.74, 6) is 0.533. The average Bonchev–Trinajstić information content (AvgIpc) is 2.79. The summed E-state index contributed by atoms with van der Waals surface area (Å²) in [6, 6.07) is 37.9. The van der Waals surface area contributed by atoms with Gasteiger partial charge in [-0.1, -0.05) is 114 Å². The van der Waals surface area contributed by atoms with E-state index in [-0.39, 0.29) is 0 Å². The van der Waals surface area contributed by atoms with Crippen LogP contribution < -0.4 is 0 Å². The van der Waals surface area contributed by atoms with Crippen molar-refractivity contribution in [1.82, 2.24) is 0 Å². The topological polar surface area (TPSA) is 0 Å². The maximum atomic E-state index is 2.29. The van der Waals surface area contributed by atoms with Gasteiger partial charge in [0.15, 0.2) is 0 Å². The average molecular weight is 391 g/mol. The number of rotatable bonds is 7. The standard InChI is InChI=1S/C30H30/c1-23-8-12-26(13-9-23)22-30(27-6-4-3-5-7-27)21-16-25-14-19-29(20-15-25)28-17-10-24(2)11-18-28/h3-15,17-20,30H,16,21-22H2,1-2H3. The highest BCUT2D eigenvalue weighted by atomic mass is 14.2.